The Morgan fingerprint density at radius 1 is 1.05 bits per heavy atom. The lowest BCUT2D eigenvalue weighted by molar-refractivity contribution is 0.0525. The number of carbonyl (C=O) groups excluding carboxylic acids is 1. The summed E-state index contributed by atoms with van der Waals surface area (Å²) < 4.78 is 10.8. The number of hydrogen-bond donors (Lipinski definition) is 0. The molecule has 0 aliphatic rings. The summed E-state index contributed by atoms with van der Waals surface area (Å²) in [5, 5.41) is 0. The third-order valence-corrected chi connectivity index (χ3v) is 2.75. The first-order chi connectivity index (χ1) is 9.22. The predicted octanol–water partition coefficient (Wildman–Crippen LogP) is 3.96. The summed E-state index contributed by atoms with van der Waals surface area (Å²) in [6, 6.07) is 14.8. The van der Waals surface area contributed by atoms with Crippen molar-refractivity contribution >= 4 is 5.97 Å². The number of ether oxygens (including phenoxy) is 2. The molecule has 0 aliphatic heterocycles. The highest BCUT2D eigenvalue weighted by Crippen LogP contribution is 2.27. The minimum atomic E-state index is -0.321. The molecule has 0 aliphatic carbocycles. The number of carbonyl (C=O) groups is 1. The average molecular weight is 256 g/mol. The predicted molar refractivity (Wildman–Crippen MR) is 73.7 cm³/mol. The molecule has 3 nitrogen and oxygen atoms in total. The number of benzene rings is 2. The van der Waals surface area contributed by atoms with Crippen LogP contribution in [-0.4, -0.2) is 12.6 Å². The number of rotatable bonds is 4. The van der Waals surface area contributed by atoms with Gasteiger partial charge in [0.05, 0.1) is 12.2 Å². The molecule has 98 valence electrons. The molecule has 0 bridgehead atoms. The van der Waals surface area contributed by atoms with Gasteiger partial charge in [0.2, 0.25) is 0 Å². The van der Waals surface area contributed by atoms with Crippen molar-refractivity contribution in [2.45, 2.75) is 13.8 Å². The fraction of sp³-hybridized carbons (Fsp3) is 0.188. The van der Waals surface area contributed by atoms with Gasteiger partial charge in [-0.25, -0.2) is 4.79 Å². The topological polar surface area (TPSA) is 35.5 Å². The van der Waals surface area contributed by atoms with Crippen molar-refractivity contribution in [1.29, 1.82) is 0 Å². The Kier molecular flexibility index (Phi) is 4.18. The van der Waals surface area contributed by atoms with E-state index in [1.165, 1.54) is 0 Å². The highest BCUT2D eigenvalue weighted by molar-refractivity contribution is 5.91. The maximum Gasteiger partial charge on any atom is 0.338 e. The zero-order valence-corrected chi connectivity index (χ0v) is 11.1. The fourth-order valence-corrected chi connectivity index (χ4v) is 1.77. The number of para-hydroxylation sites is 1. The van der Waals surface area contributed by atoms with E-state index in [-0.39, 0.29) is 5.97 Å². The monoisotopic (exact) mass is 256 g/mol. The molecule has 0 unspecified atom stereocenters. The minimum Gasteiger partial charge on any atom is -0.462 e. The molecule has 0 heterocycles. The van der Waals surface area contributed by atoms with Crippen molar-refractivity contribution in [3.05, 3.63) is 59.7 Å². The summed E-state index contributed by atoms with van der Waals surface area (Å²) in [4.78, 5) is 11.8. The first-order valence-electron chi connectivity index (χ1n) is 6.22. The Labute approximate surface area is 112 Å². The van der Waals surface area contributed by atoms with Gasteiger partial charge in [-0.05, 0) is 38.1 Å². The van der Waals surface area contributed by atoms with Crippen molar-refractivity contribution in [1.82, 2.24) is 0 Å². The van der Waals surface area contributed by atoms with Gasteiger partial charge >= 0.3 is 5.97 Å². The molecule has 0 spiro atoms. The van der Waals surface area contributed by atoms with Crippen LogP contribution in [0, 0.1) is 6.92 Å². The third kappa shape index (κ3) is 3.13. The van der Waals surface area contributed by atoms with Crippen LogP contribution in [0.5, 0.6) is 11.5 Å². The van der Waals surface area contributed by atoms with Crippen LogP contribution in [0.3, 0.4) is 0 Å². The molecule has 0 saturated heterocycles. The first-order valence-corrected chi connectivity index (χ1v) is 6.22. The molecule has 2 aromatic carbocycles. The van der Waals surface area contributed by atoms with Gasteiger partial charge in [0, 0.05) is 5.56 Å². The molecule has 0 aromatic heterocycles. The van der Waals surface area contributed by atoms with E-state index >= 15 is 0 Å². The zero-order chi connectivity index (χ0) is 13.7. The van der Waals surface area contributed by atoms with Crippen molar-refractivity contribution in [2.75, 3.05) is 6.61 Å². The van der Waals surface area contributed by atoms with Crippen LogP contribution in [0.25, 0.3) is 0 Å². The molecular weight excluding hydrogens is 240 g/mol. The highest BCUT2D eigenvalue weighted by atomic mass is 16.5. The first kappa shape index (κ1) is 13.1. The van der Waals surface area contributed by atoms with E-state index in [1.807, 2.05) is 43.3 Å². The summed E-state index contributed by atoms with van der Waals surface area (Å²) >= 11 is 0. The summed E-state index contributed by atoms with van der Waals surface area (Å²) in [6.45, 7) is 4.00. The normalized spacial score (nSPS) is 10.0. The van der Waals surface area contributed by atoms with Crippen molar-refractivity contribution in [2.24, 2.45) is 0 Å². The second kappa shape index (κ2) is 6.05. The van der Waals surface area contributed by atoms with Gasteiger partial charge in [-0.1, -0.05) is 24.3 Å². The van der Waals surface area contributed by atoms with Crippen LogP contribution in [-0.2, 0) is 4.74 Å². The van der Waals surface area contributed by atoms with E-state index < -0.39 is 0 Å². The average Bonchev–Trinajstić information content (AvgIpc) is 2.42. The Hall–Kier alpha value is -2.29. The van der Waals surface area contributed by atoms with Crippen molar-refractivity contribution in [3.8, 4) is 11.5 Å². The van der Waals surface area contributed by atoms with Gasteiger partial charge in [0.15, 0.2) is 0 Å². The Morgan fingerprint density at radius 2 is 1.79 bits per heavy atom. The smallest absolute Gasteiger partial charge is 0.338 e. The van der Waals surface area contributed by atoms with Crippen LogP contribution in [0.15, 0.2) is 48.5 Å². The van der Waals surface area contributed by atoms with E-state index in [0.717, 1.165) is 11.3 Å². The number of hydrogen-bond acceptors (Lipinski definition) is 3. The van der Waals surface area contributed by atoms with E-state index in [4.69, 9.17) is 9.47 Å². The lowest BCUT2D eigenvalue weighted by Gasteiger charge is -2.11. The van der Waals surface area contributed by atoms with Crippen LogP contribution < -0.4 is 4.74 Å². The van der Waals surface area contributed by atoms with E-state index in [0.29, 0.717) is 17.9 Å². The standard InChI is InChI=1S/C16H16O3/c1-3-18-16(17)14-10-7-11-15(12(14)2)19-13-8-5-4-6-9-13/h4-11H,3H2,1-2H3. The Balaban J connectivity index is 2.27. The molecular formula is C16H16O3. The van der Waals surface area contributed by atoms with Crippen LogP contribution >= 0.6 is 0 Å². The molecule has 0 saturated carbocycles. The maximum absolute atomic E-state index is 11.8. The summed E-state index contributed by atoms with van der Waals surface area (Å²) in [5.41, 5.74) is 1.32. The molecule has 0 atom stereocenters. The van der Waals surface area contributed by atoms with Gasteiger partial charge < -0.3 is 9.47 Å². The summed E-state index contributed by atoms with van der Waals surface area (Å²) in [7, 11) is 0. The quantitative estimate of drug-likeness (QED) is 0.776. The molecule has 0 fully saturated rings. The number of esters is 1. The fourth-order valence-electron chi connectivity index (χ4n) is 1.77. The molecule has 3 heteroatoms. The SMILES string of the molecule is CCOC(=O)c1cccc(Oc2ccccc2)c1C. The van der Waals surface area contributed by atoms with E-state index in [2.05, 4.69) is 0 Å². The van der Waals surface area contributed by atoms with E-state index in [9.17, 15) is 4.79 Å². The van der Waals surface area contributed by atoms with Crippen molar-refractivity contribution < 1.29 is 14.3 Å². The van der Waals surface area contributed by atoms with Crippen LogP contribution in [0.4, 0.5) is 0 Å². The minimum absolute atomic E-state index is 0.321. The van der Waals surface area contributed by atoms with E-state index in [1.54, 1.807) is 19.1 Å². The lowest BCUT2D eigenvalue weighted by atomic mass is 10.1. The summed E-state index contributed by atoms with van der Waals surface area (Å²) in [6.07, 6.45) is 0. The van der Waals surface area contributed by atoms with Gasteiger partial charge in [0.25, 0.3) is 0 Å². The van der Waals surface area contributed by atoms with Crippen molar-refractivity contribution in [3.63, 3.8) is 0 Å². The second-order valence-electron chi connectivity index (χ2n) is 4.06. The molecule has 19 heavy (non-hydrogen) atoms. The van der Waals surface area contributed by atoms with Crippen LogP contribution in [0.1, 0.15) is 22.8 Å². The Bertz CT molecular complexity index is 561. The molecule has 2 rings (SSSR count). The Morgan fingerprint density at radius 3 is 2.47 bits per heavy atom. The van der Waals surface area contributed by atoms with Gasteiger partial charge in [-0.15, -0.1) is 0 Å². The van der Waals surface area contributed by atoms with Gasteiger partial charge in [-0.2, -0.15) is 0 Å². The second-order valence-corrected chi connectivity index (χ2v) is 4.06. The molecule has 0 radical (unpaired) electrons. The maximum atomic E-state index is 11.8. The van der Waals surface area contributed by atoms with Gasteiger partial charge in [0.1, 0.15) is 11.5 Å². The molecule has 0 amide bonds. The largest absolute Gasteiger partial charge is 0.462 e. The summed E-state index contributed by atoms with van der Waals surface area (Å²) in [5.74, 6) is 1.09. The lowest BCUT2D eigenvalue weighted by Crippen LogP contribution is -2.07. The van der Waals surface area contributed by atoms with Crippen LogP contribution in [0.2, 0.25) is 0 Å². The zero-order valence-electron chi connectivity index (χ0n) is 11.1. The molecule has 2 aromatic rings. The third-order valence-electron chi connectivity index (χ3n) is 2.75. The highest BCUT2D eigenvalue weighted by Gasteiger charge is 2.13. The molecule has 0 N–H and O–H groups in total. The van der Waals surface area contributed by atoms with Gasteiger partial charge in [-0.3, -0.25) is 0 Å².